The molecule has 0 N–H and O–H groups in total. The summed E-state index contributed by atoms with van der Waals surface area (Å²) in [5, 5.41) is 0. The van der Waals surface area contributed by atoms with Crippen molar-refractivity contribution in [3.8, 4) is 0 Å². The average Bonchev–Trinajstić information content (AvgIpc) is 2.91. The summed E-state index contributed by atoms with van der Waals surface area (Å²) in [6, 6.07) is 0. The molecule has 3 heterocycles. The third kappa shape index (κ3) is 2.42. The first kappa shape index (κ1) is 8.21. The Balaban J connectivity index is 1.25. The molecule has 74 valence electrons. The fourth-order valence-corrected chi connectivity index (χ4v) is 1.89. The molecule has 3 rings (SSSR count). The molecule has 0 spiro atoms. The first-order chi connectivity index (χ1) is 6.42. The summed E-state index contributed by atoms with van der Waals surface area (Å²) in [7, 11) is 0. The minimum Gasteiger partial charge on any atom is -0.373 e. The van der Waals surface area contributed by atoms with Crippen LogP contribution in [-0.4, -0.2) is 37.6 Å². The molecule has 3 aliphatic heterocycles. The van der Waals surface area contributed by atoms with Crippen LogP contribution >= 0.6 is 0 Å². The van der Waals surface area contributed by atoms with Crippen LogP contribution in [0.5, 0.6) is 0 Å². The van der Waals surface area contributed by atoms with Crippen molar-refractivity contribution in [1.29, 1.82) is 0 Å². The number of rotatable bonds is 6. The Hall–Kier alpha value is -0.120. The zero-order valence-electron chi connectivity index (χ0n) is 7.78. The number of hydrogen-bond donors (Lipinski definition) is 0. The van der Waals surface area contributed by atoms with Crippen molar-refractivity contribution in [2.45, 2.75) is 50.1 Å². The molecule has 0 aromatic heterocycles. The van der Waals surface area contributed by atoms with Gasteiger partial charge in [-0.05, 0) is 19.3 Å². The van der Waals surface area contributed by atoms with Crippen LogP contribution in [0.1, 0.15) is 25.7 Å². The SMILES string of the molecule is C(C[C@@H]1CO1)C[C@@H]1O[C@H]1C[C@@H]1CO1. The second kappa shape index (κ2) is 3.23. The van der Waals surface area contributed by atoms with Crippen molar-refractivity contribution in [3.05, 3.63) is 0 Å². The van der Waals surface area contributed by atoms with Crippen molar-refractivity contribution >= 4 is 0 Å². The normalized spacial score (nSPS) is 46.2. The molecule has 3 fully saturated rings. The third-order valence-electron chi connectivity index (χ3n) is 3.00. The molecule has 0 aromatic rings. The second-order valence-electron chi connectivity index (χ2n) is 4.29. The van der Waals surface area contributed by atoms with Crippen molar-refractivity contribution in [1.82, 2.24) is 0 Å². The standard InChI is InChI=1S/C10H16O3/c1(2-7-5-11-7)3-9-10(13-9)4-8-6-12-8/h7-10H,1-6H2/t7-,8-,9+,10+/m1/s1. The zero-order chi connectivity index (χ0) is 8.67. The van der Waals surface area contributed by atoms with E-state index in [1.54, 1.807) is 0 Å². The smallest absolute Gasteiger partial charge is 0.0867 e. The molecule has 3 nitrogen and oxygen atoms in total. The summed E-state index contributed by atoms with van der Waals surface area (Å²) >= 11 is 0. The Bertz CT molecular complexity index is 187. The van der Waals surface area contributed by atoms with E-state index in [0.29, 0.717) is 24.4 Å². The van der Waals surface area contributed by atoms with E-state index < -0.39 is 0 Å². The van der Waals surface area contributed by atoms with Gasteiger partial charge in [-0.25, -0.2) is 0 Å². The van der Waals surface area contributed by atoms with E-state index in [2.05, 4.69) is 0 Å². The highest BCUT2D eigenvalue weighted by Gasteiger charge is 2.42. The van der Waals surface area contributed by atoms with Crippen molar-refractivity contribution < 1.29 is 14.2 Å². The Kier molecular flexibility index (Phi) is 2.04. The van der Waals surface area contributed by atoms with Gasteiger partial charge in [-0.1, -0.05) is 0 Å². The van der Waals surface area contributed by atoms with E-state index in [1.165, 1.54) is 19.3 Å². The minimum absolute atomic E-state index is 0.521. The summed E-state index contributed by atoms with van der Waals surface area (Å²) in [6.45, 7) is 1.95. The van der Waals surface area contributed by atoms with E-state index >= 15 is 0 Å². The summed E-state index contributed by atoms with van der Waals surface area (Å²) in [5.74, 6) is 0. The lowest BCUT2D eigenvalue weighted by Gasteiger charge is -1.93. The van der Waals surface area contributed by atoms with Crippen molar-refractivity contribution in [3.63, 3.8) is 0 Å². The molecule has 0 saturated carbocycles. The van der Waals surface area contributed by atoms with E-state index in [-0.39, 0.29) is 0 Å². The average molecular weight is 184 g/mol. The van der Waals surface area contributed by atoms with Crippen molar-refractivity contribution in [2.24, 2.45) is 0 Å². The van der Waals surface area contributed by atoms with Crippen LogP contribution < -0.4 is 0 Å². The Morgan fingerprint density at radius 1 is 0.923 bits per heavy atom. The maximum absolute atomic E-state index is 5.55. The summed E-state index contributed by atoms with van der Waals surface area (Å²) < 4.78 is 15.9. The fraction of sp³-hybridized carbons (Fsp3) is 1.00. The third-order valence-corrected chi connectivity index (χ3v) is 3.00. The quantitative estimate of drug-likeness (QED) is 0.580. The lowest BCUT2D eigenvalue weighted by Crippen LogP contribution is -1.99. The van der Waals surface area contributed by atoms with Gasteiger partial charge in [0.2, 0.25) is 0 Å². The van der Waals surface area contributed by atoms with Gasteiger partial charge in [0, 0.05) is 6.42 Å². The van der Waals surface area contributed by atoms with Crippen LogP contribution in [0, 0.1) is 0 Å². The molecule has 0 amide bonds. The Labute approximate surface area is 78.3 Å². The van der Waals surface area contributed by atoms with Crippen LogP contribution in [0.15, 0.2) is 0 Å². The molecule has 0 aliphatic carbocycles. The van der Waals surface area contributed by atoms with Crippen molar-refractivity contribution in [2.75, 3.05) is 13.2 Å². The van der Waals surface area contributed by atoms with Gasteiger partial charge in [-0.15, -0.1) is 0 Å². The fourth-order valence-electron chi connectivity index (χ4n) is 1.89. The first-order valence-electron chi connectivity index (χ1n) is 5.30. The molecule has 3 aliphatic rings. The van der Waals surface area contributed by atoms with Gasteiger partial charge >= 0.3 is 0 Å². The molecule has 4 atom stereocenters. The van der Waals surface area contributed by atoms with Gasteiger partial charge in [0.25, 0.3) is 0 Å². The van der Waals surface area contributed by atoms with Crippen LogP contribution in [0.25, 0.3) is 0 Å². The highest BCUT2D eigenvalue weighted by Crippen LogP contribution is 2.34. The molecule has 13 heavy (non-hydrogen) atoms. The van der Waals surface area contributed by atoms with Crippen LogP contribution in [0.3, 0.4) is 0 Å². The van der Waals surface area contributed by atoms with Crippen LogP contribution in [0.4, 0.5) is 0 Å². The first-order valence-corrected chi connectivity index (χ1v) is 5.30. The lowest BCUT2D eigenvalue weighted by molar-refractivity contribution is 0.325. The minimum atomic E-state index is 0.521. The predicted molar refractivity (Wildman–Crippen MR) is 46.6 cm³/mol. The van der Waals surface area contributed by atoms with Gasteiger partial charge in [0.05, 0.1) is 37.6 Å². The largest absolute Gasteiger partial charge is 0.373 e. The zero-order valence-corrected chi connectivity index (χ0v) is 7.78. The second-order valence-corrected chi connectivity index (χ2v) is 4.29. The Morgan fingerprint density at radius 3 is 2.38 bits per heavy atom. The monoisotopic (exact) mass is 184 g/mol. The summed E-state index contributed by atoms with van der Waals surface area (Å²) in [4.78, 5) is 0. The molecule has 0 unspecified atom stereocenters. The lowest BCUT2D eigenvalue weighted by atomic mass is 10.1. The Morgan fingerprint density at radius 2 is 1.69 bits per heavy atom. The van der Waals surface area contributed by atoms with Gasteiger partial charge in [-0.3, -0.25) is 0 Å². The van der Waals surface area contributed by atoms with E-state index in [1.807, 2.05) is 0 Å². The highest BCUT2D eigenvalue weighted by atomic mass is 16.6. The van der Waals surface area contributed by atoms with Crippen LogP contribution in [-0.2, 0) is 14.2 Å². The number of ether oxygens (including phenoxy) is 3. The topological polar surface area (TPSA) is 37.6 Å². The van der Waals surface area contributed by atoms with Gasteiger partial charge in [0.1, 0.15) is 0 Å². The van der Waals surface area contributed by atoms with Gasteiger partial charge in [-0.2, -0.15) is 0 Å². The molecule has 0 aromatic carbocycles. The number of hydrogen-bond acceptors (Lipinski definition) is 3. The maximum Gasteiger partial charge on any atom is 0.0867 e. The highest BCUT2D eigenvalue weighted by molar-refractivity contribution is 4.89. The maximum atomic E-state index is 5.55. The molecule has 3 saturated heterocycles. The number of epoxide rings is 3. The van der Waals surface area contributed by atoms with E-state index in [0.717, 1.165) is 19.6 Å². The van der Waals surface area contributed by atoms with Gasteiger partial charge < -0.3 is 14.2 Å². The molecular weight excluding hydrogens is 168 g/mol. The van der Waals surface area contributed by atoms with Gasteiger partial charge in [0.15, 0.2) is 0 Å². The molecule has 3 heteroatoms. The molecular formula is C10H16O3. The molecule has 0 bridgehead atoms. The summed E-state index contributed by atoms with van der Waals surface area (Å²) in [5.41, 5.74) is 0. The molecule has 0 radical (unpaired) electrons. The summed E-state index contributed by atoms with van der Waals surface area (Å²) in [6.07, 6.45) is 7.02. The van der Waals surface area contributed by atoms with E-state index in [4.69, 9.17) is 14.2 Å². The van der Waals surface area contributed by atoms with Crippen LogP contribution in [0.2, 0.25) is 0 Å². The predicted octanol–water partition coefficient (Wildman–Crippen LogP) is 1.11. The van der Waals surface area contributed by atoms with E-state index in [9.17, 15) is 0 Å².